The molecule has 154 valence electrons. The van der Waals surface area contributed by atoms with Crippen LogP contribution in [0.3, 0.4) is 0 Å². The SMILES string of the molecule is N=CN1CCC(COC(=O)[C@](O)(c2ccccc2)[C@@H]2CC(O)C(F)(F)C2)CC1. The summed E-state index contributed by atoms with van der Waals surface area (Å²) in [6.07, 6.45) is -0.301. The molecule has 1 aliphatic heterocycles. The van der Waals surface area contributed by atoms with Crippen LogP contribution in [0.25, 0.3) is 0 Å². The van der Waals surface area contributed by atoms with Gasteiger partial charge < -0.3 is 19.8 Å². The minimum Gasteiger partial charge on any atom is -0.463 e. The molecule has 2 aliphatic rings. The molecule has 6 nitrogen and oxygen atoms in total. The summed E-state index contributed by atoms with van der Waals surface area (Å²) in [7, 11) is 0. The van der Waals surface area contributed by atoms with E-state index in [2.05, 4.69) is 0 Å². The average Bonchev–Trinajstić information content (AvgIpc) is 2.99. The summed E-state index contributed by atoms with van der Waals surface area (Å²) >= 11 is 0. The molecule has 2 fully saturated rings. The molecule has 3 N–H and O–H groups in total. The Morgan fingerprint density at radius 2 is 1.96 bits per heavy atom. The number of esters is 1. The number of alkyl halides is 2. The number of aliphatic hydroxyl groups excluding tert-OH is 1. The summed E-state index contributed by atoms with van der Waals surface area (Å²) in [6, 6.07) is 7.94. The Kier molecular flexibility index (Phi) is 6.00. The number of carbonyl (C=O) groups is 1. The van der Waals surface area contributed by atoms with Crippen LogP contribution in [0.1, 0.15) is 31.2 Å². The van der Waals surface area contributed by atoms with Gasteiger partial charge >= 0.3 is 5.97 Å². The van der Waals surface area contributed by atoms with E-state index >= 15 is 0 Å². The molecule has 3 atom stereocenters. The Labute approximate surface area is 162 Å². The highest BCUT2D eigenvalue weighted by molar-refractivity contribution is 5.81. The van der Waals surface area contributed by atoms with E-state index in [1.54, 1.807) is 18.2 Å². The van der Waals surface area contributed by atoms with Crippen molar-refractivity contribution in [3.05, 3.63) is 35.9 Å². The lowest BCUT2D eigenvalue weighted by Crippen LogP contribution is -2.45. The molecule has 1 aromatic rings. The molecular formula is C20H26F2N2O4. The fourth-order valence-corrected chi connectivity index (χ4v) is 4.07. The van der Waals surface area contributed by atoms with Crippen LogP contribution in [-0.4, -0.2) is 59.1 Å². The third-order valence-electron chi connectivity index (χ3n) is 5.91. The normalized spacial score (nSPS) is 27.2. The van der Waals surface area contributed by atoms with Crippen LogP contribution in [0.2, 0.25) is 0 Å². The minimum absolute atomic E-state index is 0.0888. The molecule has 1 saturated heterocycles. The van der Waals surface area contributed by atoms with Crippen LogP contribution in [-0.2, 0) is 15.1 Å². The molecule has 1 unspecified atom stereocenters. The maximum Gasteiger partial charge on any atom is 0.343 e. The van der Waals surface area contributed by atoms with Gasteiger partial charge in [-0.1, -0.05) is 30.3 Å². The lowest BCUT2D eigenvalue weighted by Gasteiger charge is -2.34. The number of nitrogens with zero attached hydrogens (tertiary/aromatic N) is 1. The predicted octanol–water partition coefficient (Wildman–Crippen LogP) is 2.14. The van der Waals surface area contributed by atoms with E-state index in [0.717, 1.165) is 12.8 Å². The number of ether oxygens (including phenoxy) is 1. The summed E-state index contributed by atoms with van der Waals surface area (Å²) < 4.78 is 33.2. The molecule has 1 aromatic carbocycles. The highest BCUT2D eigenvalue weighted by Gasteiger charge is 2.58. The highest BCUT2D eigenvalue weighted by Crippen LogP contribution is 2.48. The van der Waals surface area contributed by atoms with Crippen molar-refractivity contribution in [1.82, 2.24) is 4.90 Å². The highest BCUT2D eigenvalue weighted by atomic mass is 19.3. The molecule has 1 aliphatic carbocycles. The molecular weight excluding hydrogens is 370 g/mol. The van der Waals surface area contributed by atoms with Crippen LogP contribution < -0.4 is 0 Å². The Morgan fingerprint density at radius 3 is 2.50 bits per heavy atom. The summed E-state index contributed by atoms with van der Waals surface area (Å²) in [5.41, 5.74) is -2.05. The Bertz CT molecular complexity index is 695. The standard InChI is InChI=1S/C20H26F2N2O4/c21-19(22)11-16(10-17(19)25)20(27,15-4-2-1-3-5-15)18(26)28-12-14-6-8-24(13-23)9-7-14/h1-5,13-14,16-17,23,25,27H,6-12H2/t16-,17?,20+/m1/s1. The van der Waals surface area contributed by atoms with Gasteiger partial charge in [-0.2, -0.15) is 0 Å². The molecule has 0 amide bonds. The van der Waals surface area contributed by atoms with E-state index in [9.17, 15) is 23.8 Å². The number of benzene rings is 1. The van der Waals surface area contributed by atoms with Crippen LogP contribution in [0.5, 0.6) is 0 Å². The van der Waals surface area contributed by atoms with E-state index in [1.807, 2.05) is 4.90 Å². The number of hydrogen-bond donors (Lipinski definition) is 3. The lowest BCUT2D eigenvalue weighted by molar-refractivity contribution is -0.176. The van der Waals surface area contributed by atoms with E-state index in [0.29, 0.717) is 13.1 Å². The fourth-order valence-electron chi connectivity index (χ4n) is 4.07. The largest absolute Gasteiger partial charge is 0.463 e. The predicted molar refractivity (Wildman–Crippen MR) is 98.1 cm³/mol. The van der Waals surface area contributed by atoms with Crippen molar-refractivity contribution in [2.75, 3.05) is 19.7 Å². The van der Waals surface area contributed by atoms with Crippen molar-refractivity contribution in [3.8, 4) is 0 Å². The molecule has 28 heavy (non-hydrogen) atoms. The van der Waals surface area contributed by atoms with Gasteiger partial charge in [0.1, 0.15) is 6.10 Å². The quantitative estimate of drug-likeness (QED) is 0.389. The van der Waals surface area contributed by atoms with Crippen molar-refractivity contribution < 1.29 is 28.5 Å². The first-order valence-corrected chi connectivity index (χ1v) is 9.53. The van der Waals surface area contributed by atoms with Crippen molar-refractivity contribution in [2.24, 2.45) is 11.8 Å². The summed E-state index contributed by atoms with van der Waals surface area (Å²) in [4.78, 5) is 14.7. The summed E-state index contributed by atoms with van der Waals surface area (Å²) in [5, 5.41) is 28.2. The molecule has 1 heterocycles. The number of carbonyl (C=O) groups excluding carboxylic acids is 1. The topological polar surface area (TPSA) is 93.9 Å². The zero-order valence-electron chi connectivity index (χ0n) is 15.6. The molecule has 1 saturated carbocycles. The molecule has 0 spiro atoms. The molecule has 0 aromatic heterocycles. The number of hydrogen-bond acceptors (Lipinski definition) is 5. The number of piperidine rings is 1. The second-order valence-corrected chi connectivity index (χ2v) is 7.75. The monoisotopic (exact) mass is 396 g/mol. The number of aliphatic hydroxyl groups is 2. The number of likely N-dealkylation sites (tertiary alicyclic amines) is 1. The van der Waals surface area contributed by atoms with Gasteiger partial charge in [-0.15, -0.1) is 0 Å². The van der Waals surface area contributed by atoms with Gasteiger partial charge in [0.2, 0.25) is 0 Å². The molecule has 0 radical (unpaired) electrons. The lowest BCUT2D eigenvalue weighted by atomic mass is 9.80. The maximum atomic E-state index is 13.9. The van der Waals surface area contributed by atoms with Gasteiger partial charge in [-0.05, 0) is 30.7 Å². The van der Waals surface area contributed by atoms with E-state index < -0.39 is 35.9 Å². The average molecular weight is 396 g/mol. The second-order valence-electron chi connectivity index (χ2n) is 7.75. The zero-order chi connectivity index (χ0) is 20.4. The zero-order valence-corrected chi connectivity index (χ0v) is 15.6. The van der Waals surface area contributed by atoms with Crippen LogP contribution in [0.4, 0.5) is 8.78 Å². The summed E-state index contributed by atoms with van der Waals surface area (Å²) in [6.45, 7) is 1.47. The first kappa shape index (κ1) is 20.7. The van der Waals surface area contributed by atoms with Gasteiger partial charge in [0, 0.05) is 25.4 Å². The van der Waals surface area contributed by atoms with Gasteiger partial charge in [0.15, 0.2) is 5.60 Å². The summed E-state index contributed by atoms with van der Waals surface area (Å²) in [5.74, 6) is -5.36. The third kappa shape index (κ3) is 4.03. The van der Waals surface area contributed by atoms with Crippen LogP contribution >= 0.6 is 0 Å². The Hall–Kier alpha value is -2.06. The molecule has 0 bridgehead atoms. The number of nitrogens with one attached hydrogen (secondary N) is 1. The number of halogens is 2. The maximum absolute atomic E-state index is 13.9. The second kappa shape index (κ2) is 8.13. The van der Waals surface area contributed by atoms with Gasteiger partial charge in [-0.3, -0.25) is 5.41 Å². The van der Waals surface area contributed by atoms with Crippen molar-refractivity contribution in [2.45, 2.75) is 43.3 Å². The van der Waals surface area contributed by atoms with E-state index in [-0.39, 0.29) is 24.5 Å². The van der Waals surface area contributed by atoms with Gasteiger partial charge in [0.05, 0.1) is 12.9 Å². The van der Waals surface area contributed by atoms with Crippen molar-refractivity contribution >= 4 is 12.3 Å². The van der Waals surface area contributed by atoms with Crippen LogP contribution in [0.15, 0.2) is 30.3 Å². The van der Waals surface area contributed by atoms with E-state index in [1.165, 1.54) is 18.5 Å². The fraction of sp³-hybridized carbons (Fsp3) is 0.600. The number of rotatable bonds is 6. The Morgan fingerprint density at radius 1 is 1.32 bits per heavy atom. The smallest absolute Gasteiger partial charge is 0.343 e. The van der Waals surface area contributed by atoms with Gasteiger partial charge in [-0.25, -0.2) is 13.6 Å². The first-order chi connectivity index (χ1) is 13.3. The minimum atomic E-state index is -3.35. The van der Waals surface area contributed by atoms with Gasteiger partial charge in [0.25, 0.3) is 5.92 Å². The molecule has 8 heteroatoms. The Balaban J connectivity index is 1.74. The van der Waals surface area contributed by atoms with Crippen molar-refractivity contribution in [3.63, 3.8) is 0 Å². The molecule has 3 rings (SSSR count). The van der Waals surface area contributed by atoms with Crippen molar-refractivity contribution in [1.29, 1.82) is 5.41 Å². The third-order valence-corrected chi connectivity index (χ3v) is 5.91. The van der Waals surface area contributed by atoms with Crippen LogP contribution in [0, 0.1) is 17.2 Å². The first-order valence-electron chi connectivity index (χ1n) is 9.53. The van der Waals surface area contributed by atoms with E-state index in [4.69, 9.17) is 10.1 Å².